The van der Waals surface area contributed by atoms with Crippen LogP contribution in [0.3, 0.4) is 0 Å². The Hall–Kier alpha value is -0.190. The van der Waals surface area contributed by atoms with Crippen LogP contribution in [0.15, 0.2) is 9.59 Å². The normalized spacial score (nSPS) is 13.8. The van der Waals surface area contributed by atoms with Crippen LogP contribution in [0.5, 0.6) is 0 Å². The highest BCUT2D eigenvalue weighted by molar-refractivity contribution is 7.87. The molecule has 0 spiro atoms. The van der Waals surface area contributed by atoms with Gasteiger partial charge in [0.05, 0.1) is 19.0 Å². The van der Waals surface area contributed by atoms with Gasteiger partial charge < -0.3 is 0 Å². The average molecular weight is 230 g/mol. The SMILES string of the molecule is Cc1csc2sc(S(C)=O)c(C)c12. The van der Waals surface area contributed by atoms with Gasteiger partial charge in [-0.3, -0.25) is 4.21 Å². The third-order valence-corrected chi connectivity index (χ3v) is 6.16. The van der Waals surface area contributed by atoms with Crippen LogP contribution in [0, 0.1) is 13.8 Å². The van der Waals surface area contributed by atoms with Gasteiger partial charge in [0.15, 0.2) is 0 Å². The highest BCUT2D eigenvalue weighted by Gasteiger charge is 2.13. The Morgan fingerprint density at radius 1 is 1.38 bits per heavy atom. The van der Waals surface area contributed by atoms with E-state index >= 15 is 0 Å². The van der Waals surface area contributed by atoms with Gasteiger partial charge in [-0.1, -0.05) is 0 Å². The van der Waals surface area contributed by atoms with Gasteiger partial charge in [-0.25, -0.2) is 0 Å². The first-order chi connectivity index (χ1) is 6.11. The summed E-state index contributed by atoms with van der Waals surface area (Å²) >= 11 is 3.42. The standard InChI is InChI=1S/C9H10OS3/c1-5-4-11-8-7(5)6(2)9(12-8)13(3)10/h4H,1-3H3. The Morgan fingerprint density at radius 2 is 2.08 bits per heavy atom. The molecule has 1 atom stereocenters. The molecule has 0 amide bonds. The third-order valence-electron chi connectivity index (χ3n) is 2.07. The second-order valence-corrected chi connectivity index (χ2v) is 6.78. The molecular formula is C9H10OS3. The lowest BCUT2D eigenvalue weighted by Crippen LogP contribution is -1.84. The van der Waals surface area contributed by atoms with Gasteiger partial charge in [0.25, 0.3) is 0 Å². The molecule has 4 heteroatoms. The minimum atomic E-state index is -0.835. The maximum atomic E-state index is 11.4. The molecule has 0 saturated carbocycles. The molecule has 2 aromatic heterocycles. The summed E-state index contributed by atoms with van der Waals surface area (Å²) < 4.78 is 13.7. The molecule has 1 unspecified atom stereocenters. The van der Waals surface area contributed by atoms with Crippen molar-refractivity contribution >= 4 is 42.9 Å². The minimum absolute atomic E-state index is 0.835. The number of rotatable bonds is 1. The van der Waals surface area contributed by atoms with Crippen LogP contribution in [-0.2, 0) is 10.8 Å². The Bertz CT molecular complexity index is 478. The summed E-state index contributed by atoms with van der Waals surface area (Å²) in [5.41, 5.74) is 2.52. The van der Waals surface area contributed by atoms with Crippen molar-refractivity contribution in [3.63, 3.8) is 0 Å². The van der Waals surface area contributed by atoms with Crippen LogP contribution in [0.25, 0.3) is 9.40 Å². The van der Waals surface area contributed by atoms with E-state index in [1.807, 2.05) is 0 Å². The molecular weight excluding hydrogens is 220 g/mol. The zero-order valence-electron chi connectivity index (χ0n) is 7.71. The van der Waals surface area contributed by atoms with E-state index in [1.54, 1.807) is 28.9 Å². The fraction of sp³-hybridized carbons (Fsp3) is 0.333. The van der Waals surface area contributed by atoms with Crippen molar-refractivity contribution in [1.82, 2.24) is 0 Å². The smallest absolute Gasteiger partial charge is 0.0958 e. The first-order valence-electron chi connectivity index (χ1n) is 3.92. The predicted octanol–water partition coefficient (Wildman–Crippen LogP) is 3.32. The summed E-state index contributed by atoms with van der Waals surface area (Å²) in [5.74, 6) is 0. The molecule has 0 aliphatic rings. The lowest BCUT2D eigenvalue weighted by atomic mass is 10.2. The molecule has 1 nitrogen and oxygen atoms in total. The summed E-state index contributed by atoms with van der Waals surface area (Å²) in [6, 6.07) is 0. The second-order valence-electron chi connectivity index (χ2n) is 3.05. The summed E-state index contributed by atoms with van der Waals surface area (Å²) in [6.45, 7) is 4.18. The molecule has 0 aliphatic carbocycles. The first kappa shape index (κ1) is 9.37. The van der Waals surface area contributed by atoms with E-state index in [4.69, 9.17) is 0 Å². The molecule has 70 valence electrons. The van der Waals surface area contributed by atoms with E-state index in [0.29, 0.717) is 0 Å². The van der Waals surface area contributed by atoms with Crippen molar-refractivity contribution in [3.05, 3.63) is 16.5 Å². The number of thiophene rings is 2. The van der Waals surface area contributed by atoms with Crippen molar-refractivity contribution in [1.29, 1.82) is 0 Å². The van der Waals surface area contributed by atoms with Crippen LogP contribution in [0.4, 0.5) is 0 Å². The molecule has 2 aromatic rings. The number of hydrogen-bond acceptors (Lipinski definition) is 3. The zero-order valence-corrected chi connectivity index (χ0v) is 10.2. The Kier molecular flexibility index (Phi) is 2.30. The molecule has 0 aliphatic heterocycles. The summed E-state index contributed by atoms with van der Waals surface area (Å²) in [7, 11) is -0.835. The van der Waals surface area contributed by atoms with Crippen molar-refractivity contribution in [2.24, 2.45) is 0 Å². The Morgan fingerprint density at radius 3 is 2.62 bits per heavy atom. The lowest BCUT2D eigenvalue weighted by Gasteiger charge is -1.92. The predicted molar refractivity (Wildman–Crippen MR) is 61.5 cm³/mol. The van der Waals surface area contributed by atoms with E-state index in [0.717, 1.165) is 4.21 Å². The van der Waals surface area contributed by atoms with Gasteiger partial charge in [0.2, 0.25) is 0 Å². The van der Waals surface area contributed by atoms with Gasteiger partial charge in [0, 0.05) is 11.6 Å². The Labute approximate surface area is 87.9 Å². The number of hydrogen-bond donors (Lipinski definition) is 0. The zero-order chi connectivity index (χ0) is 9.59. The first-order valence-corrected chi connectivity index (χ1v) is 7.17. The maximum Gasteiger partial charge on any atom is 0.0958 e. The fourth-order valence-electron chi connectivity index (χ4n) is 1.48. The van der Waals surface area contributed by atoms with Gasteiger partial charge in [-0.05, 0) is 30.4 Å². The molecule has 2 rings (SSSR count). The molecule has 0 bridgehead atoms. The van der Waals surface area contributed by atoms with Crippen LogP contribution < -0.4 is 0 Å². The monoisotopic (exact) mass is 230 g/mol. The highest BCUT2D eigenvalue weighted by atomic mass is 32.2. The van der Waals surface area contributed by atoms with E-state index in [1.165, 1.54) is 20.5 Å². The van der Waals surface area contributed by atoms with Crippen molar-refractivity contribution in [2.45, 2.75) is 18.1 Å². The molecule has 0 radical (unpaired) electrons. The van der Waals surface area contributed by atoms with E-state index in [-0.39, 0.29) is 0 Å². The summed E-state index contributed by atoms with van der Waals surface area (Å²) in [6.07, 6.45) is 1.75. The van der Waals surface area contributed by atoms with Crippen molar-refractivity contribution in [3.8, 4) is 0 Å². The van der Waals surface area contributed by atoms with E-state index < -0.39 is 10.8 Å². The van der Waals surface area contributed by atoms with E-state index in [9.17, 15) is 4.21 Å². The third kappa shape index (κ3) is 1.37. The highest BCUT2D eigenvalue weighted by Crippen LogP contribution is 2.38. The topological polar surface area (TPSA) is 17.1 Å². The molecule has 13 heavy (non-hydrogen) atoms. The Balaban J connectivity index is 2.82. The summed E-state index contributed by atoms with van der Waals surface area (Å²) in [4.78, 5) is 0. The summed E-state index contributed by atoms with van der Waals surface area (Å²) in [5, 5.41) is 3.48. The van der Waals surface area contributed by atoms with E-state index in [2.05, 4.69) is 19.2 Å². The molecule has 0 N–H and O–H groups in total. The van der Waals surface area contributed by atoms with Crippen LogP contribution in [-0.4, -0.2) is 10.5 Å². The molecule has 0 saturated heterocycles. The maximum absolute atomic E-state index is 11.4. The van der Waals surface area contributed by atoms with Gasteiger partial charge in [0.1, 0.15) is 0 Å². The van der Waals surface area contributed by atoms with Gasteiger partial charge >= 0.3 is 0 Å². The van der Waals surface area contributed by atoms with Crippen LogP contribution in [0.2, 0.25) is 0 Å². The number of aryl methyl sites for hydroxylation is 2. The molecule has 0 fully saturated rings. The van der Waals surface area contributed by atoms with Gasteiger partial charge in [-0.15, -0.1) is 22.7 Å². The van der Waals surface area contributed by atoms with Crippen LogP contribution >= 0.6 is 22.7 Å². The number of fused-ring (bicyclic) bond motifs is 1. The van der Waals surface area contributed by atoms with Gasteiger partial charge in [-0.2, -0.15) is 0 Å². The minimum Gasteiger partial charge on any atom is -0.254 e. The van der Waals surface area contributed by atoms with Crippen molar-refractivity contribution in [2.75, 3.05) is 6.26 Å². The molecule has 0 aromatic carbocycles. The molecule has 2 heterocycles. The largest absolute Gasteiger partial charge is 0.254 e. The second kappa shape index (κ2) is 3.19. The van der Waals surface area contributed by atoms with Crippen LogP contribution in [0.1, 0.15) is 11.1 Å². The lowest BCUT2D eigenvalue weighted by molar-refractivity contribution is 0.688. The van der Waals surface area contributed by atoms with Crippen molar-refractivity contribution < 1.29 is 4.21 Å². The average Bonchev–Trinajstić information content (AvgIpc) is 2.55. The fourth-order valence-corrected chi connectivity index (χ4v) is 5.15. The quantitative estimate of drug-likeness (QED) is 0.734.